The number of hydrogen-bond acceptors (Lipinski definition) is 8. The molecule has 1 aromatic rings. The second-order valence-corrected chi connectivity index (χ2v) is 11.8. The van der Waals surface area contributed by atoms with Gasteiger partial charge in [0.15, 0.2) is 0 Å². The maximum Gasteiger partial charge on any atom is 0.408 e. The topological polar surface area (TPSA) is 232 Å². The molecule has 0 aliphatic rings. The van der Waals surface area contributed by atoms with Gasteiger partial charge in [-0.2, -0.15) is 0 Å². The molecular formula is C30H48N6O8. The molecule has 14 heteroatoms. The number of rotatable bonds is 18. The molecule has 0 fully saturated rings. The molecule has 0 bridgehead atoms. The molecule has 1 aromatic carbocycles. The first-order valence-electron chi connectivity index (χ1n) is 14.7. The minimum atomic E-state index is -1.51. The molecular weight excluding hydrogens is 572 g/mol. The lowest BCUT2D eigenvalue weighted by atomic mass is 9.98. The molecule has 5 atom stereocenters. The number of aliphatic hydroxyl groups is 1. The van der Waals surface area contributed by atoms with Crippen molar-refractivity contribution in [3.63, 3.8) is 0 Å². The first kappa shape index (κ1) is 37.8. The van der Waals surface area contributed by atoms with Crippen LogP contribution in [0.25, 0.3) is 0 Å². The van der Waals surface area contributed by atoms with Gasteiger partial charge in [-0.05, 0) is 45.1 Å². The smallest absolute Gasteiger partial charge is 0.408 e. The third kappa shape index (κ3) is 15.9. The standard InChI is InChI=1S/C30H48N6O8/c1-6-18(2)17-33-26(40)16-23(37)21(14-19-10-8-7-9-11-19)34-28(42)22(15-25(32)39)35-27(41)20(12-13-24(31)38)36-29(43)44-30(3,4)5/h7-11,18,20-23,37H,6,12-17H2,1-5H3,(H2,31,38)(H2,32,39)(H,33,40)(H,34,42)(H,35,41)(H,36,43). The third-order valence-corrected chi connectivity index (χ3v) is 6.55. The summed E-state index contributed by atoms with van der Waals surface area (Å²) in [6, 6.07) is 5.07. The van der Waals surface area contributed by atoms with Gasteiger partial charge in [-0.25, -0.2) is 4.79 Å². The van der Waals surface area contributed by atoms with Crippen molar-refractivity contribution >= 4 is 35.6 Å². The maximum atomic E-state index is 13.4. The van der Waals surface area contributed by atoms with Crippen molar-refractivity contribution in [3.05, 3.63) is 35.9 Å². The highest BCUT2D eigenvalue weighted by Crippen LogP contribution is 2.12. The van der Waals surface area contributed by atoms with Gasteiger partial charge in [0, 0.05) is 13.0 Å². The molecule has 0 radical (unpaired) electrons. The van der Waals surface area contributed by atoms with Crippen molar-refractivity contribution in [1.29, 1.82) is 0 Å². The van der Waals surface area contributed by atoms with E-state index in [-0.39, 0.29) is 31.6 Å². The third-order valence-electron chi connectivity index (χ3n) is 6.55. The first-order valence-corrected chi connectivity index (χ1v) is 14.7. The van der Waals surface area contributed by atoms with Gasteiger partial charge in [0.1, 0.15) is 17.7 Å². The molecule has 5 unspecified atom stereocenters. The predicted octanol–water partition coefficient (Wildman–Crippen LogP) is 0.146. The summed E-state index contributed by atoms with van der Waals surface area (Å²) in [6.45, 7) is 9.25. The van der Waals surface area contributed by atoms with E-state index in [4.69, 9.17) is 16.2 Å². The lowest BCUT2D eigenvalue weighted by molar-refractivity contribution is -0.133. The average molecular weight is 621 g/mol. The Hall–Kier alpha value is -4.20. The summed E-state index contributed by atoms with van der Waals surface area (Å²) in [4.78, 5) is 74.7. The van der Waals surface area contributed by atoms with E-state index in [9.17, 15) is 33.9 Å². The van der Waals surface area contributed by atoms with Gasteiger partial charge in [-0.1, -0.05) is 50.6 Å². The minimum absolute atomic E-state index is 0.130. The van der Waals surface area contributed by atoms with E-state index in [1.807, 2.05) is 13.8 Å². The molecule has 0 spiro atoms. The Kier molecular flexibility index (Phi) is 15.9. The Morgan fingerprint density at radius 3 is 2.05 bits per heavy atom. The molecule has 0 aliphatic heterocycles. The van der Waals surface area contributed by atoms with Crippen LogP contribution < -0.4 is 32.7 Å². The van der Waals surface area contributed by atoms with Crippen LogP contribution >= 0.6 is 0 Å². The quantitative estimate of drug-likeness (QED) is 0.119. The van der Waals surface area contributed by atoms with E-state index in [1.54, 1.807) is 51.1 Å². The minimum Gasteiger partial charge on any atom is -0.444 e. The molecule has 1 rings (SSSR count). The molecule has 0 aromatic heterocycles. The lowest BCUT2D eigenvalue weighted by Gasteiger charge is -2.28. The maximum absolute atomic E-state index is 13.4. The fraction of sp³-hybridized carbons (Fsp3) is 0.600. The largest absolute Gasteiger partial charge is 0.444 e. The summed E-state index contributed by atoms with van der Waals surface area (Å²) in [5, 5.41) is 21.2. The second kappa shape index (κ2) is 18.5. The highest BCUT2D eigenvalue weighted by molar-refractivity contribution is 5.94. The normalized spacial score (nSPS) is 14.6. The van der Waals surface area contributed by atoms with Crippen LogP contribution in [0.5, 0.6) is 0 Å². The van der Waals surface area contributed by atoms with Crippen LogP contribution in [0.3, 0.4) is 0 Å². The van der Waals surface area contributed by atoms with Crippen molar-refractivity contribution in [2.24, 2.45) is 17.4 Å². The van der Waals surface area contributed by atoms with E-state index < -0.39 is 71.9 Å². The molecule has 14 nitrogen and oxygen atoms in total. The van der Waals surface area contributed by atoms with E-state index >= 15 is 0 Å². The Balaban J connectivity index is 3.16. The Labute approximate surface area is 258 Å². The fourth-order valence-electron chi connectivity index (χ4n) is 3.96. The first-order chi connectivity index (χ1) is 20.5. The number of alkyl carbamates (subject to hydrolysis) is 1. The predicted molar refractivity (Wildman–Crippen MR) is 162 cm³/mol. The molecule has 9 N–H and O–H groups in total. The zero-order chi connectivity index (χ0) is 33.4. The molecule has 246 valence electrons. The number of aliphatic hydroxyl groups excluding tert-OH is 1. The summed E-state index contributed by atoms with van der Waals surface area (Å²) in [5.41, 5.74) is 10.4. The van der Waals surface area contributed by atoms with Crippen LogP contribution in [-0.2, 0) is 35.1 Å². The Bertz CT molecular complexity index is 1120. The summed E-state index contributed by atoms with van der Waals surface area (Å²) in [7, 11) is 0. The molecule has 44 heavy (non-hydrogen) atoms. The van der Waals surface area contributed by atoms with Crippen molar-refractivity contribution < 1.29 is 38.6 Å². The van der Waals surface area contributed by atoms with Crippen LogP contribution in [0.1, 0.15) is 72.3 Å². The van der Waals surface area contributed by atoms with Crippen molar-refractivity contribution in [3.8, 4) is 0 Å². The van der Waals surface area contributed by atoms with Crippen molar-refractivity contribution in [2.45, 2.75) is 103 Å². The number of carbonyl (C=O) groups is 6. The molecule has 0 heterocycles. The summed E-state index contributed by atoms with van der Waals surface area (Å²) < 4.78 is 5.19. The van der Waals surface area contributed by atoms with Gasteiger partial charge in [0.2, 0.25) is 29.5 Å². The van der Waals surface area contributed by atoms with Crippen LogP contribution in [-0.4, -0.2) is 77.1 Å². The Morgan fingerprint density at radius 1 is 0.886 bits per heavy atom. The molecule has 6 amide bonds. The van der Waals surface area contributed by atoms with Crippen LogP contribution in [0, 0.1) is 5.92 Å². The van der Waals surface area contributed by atoms with E-state index in [2.05, 4.69) is 21.3 Å². The molecule has 0 saturated carbocycles. The van der Waals surface area contributed by atoms with Crippen LogP contribution in [0.2, 0.25) is 0 Å². The lowest BCUT2D eigenvalue weighted by Crippen LogP contribution is -2.57. The Morgan fingerprint density at radius 2 is 1.50 bits per heavy atom. The number of primary amides is 2. The highest BCUT2D eigenvalue weighted by Gasteiger charge is 2.32. The number of nitrogens with one attached hydrogen (secondary N) is 4. The van der Waals surface area contributed by atoms with E-state index in [1.165, 1.54) is 0 Å². The van der Waals surface area contributed by atoms with Gasteiger partial charge in [0.05, 0.1) is 25.0 Å². The SMILES string of the molecule is CCC(C)CNC(=O)CC(O)C(Cc1ccccc1)NC(=O)C(CC(N)=O)NC(=O)C(CCC(N)=O)NC(=O)OC(C)(C)C. The van der Waals surface area contributed by atoms with Gasteiger partial charge in [-0.3, -0.25) is 24.0 Å². The molecule has 0 saturated heterocycles. The van der Waals surface area contributed by atoms with Gasteiger partial charge < -0.3 is 42.6 Å². The number of amides is 6. The van der Waals surface area contributed by atoms with Gasteiger partial charge >= 0.3 is 6.09 Å². The second-order valence-electron chi connectivity index (χ2n) is 11.8. The number of nitrogens with two attached hydrogens (primary N) is 2. The highest BCUT2D eigenvalue weighted by atomic mass is 16.6. The monoisotopic (exact) mass is 620 g/mol. The van der Waals surface area contributed by atoms with Crippen LogP contribution in [0.15, 0.2) is 30.3 Å². The molecule has 0 aliphatic carbocycles. The summed E-state index contributed by atoms with van der Waals surface area (Å²) in [5.74, 6) is -3.57. The number of carbonyl (C=O) groups excluding carboxylic acids is 6. The summed E-state index contributed by atoms with van der Waals surface area (Å²) in [6.07, 6.45) is -2.69. The average Bonchev–Trinajstić information content (AvgIpc) is 2.92. The van der Waals surface area contributed by atoms with Gasteiger partial charge in [-0.15, -0.1) is 0 Å². The number of benzene rings is 1. The zero-order valence-corrected chi connectivity index (χ0v) is 26.2. The summed E-state index contributed by atoms with van der Waals surface area (Å²) >= 11 is 0. The van der Waals surface area contributed by atoms with Crippen LogP contribution in [0.4, 0.5) is 4.79 Å². The number of ether oxygens (including phenoxy) is 1. The van der Waals surface area contributed by atoms with Gasteiger partial charge in [0.25, 0.3) is 0 Å². The number of hydrogen-bond donors (Lipinski definition) is 7. The zero-order valence-electron chi connectivity index (χ0n) is 26.2. The van der Waals surface area contributed by atoms with Crippen molar-refractivity contribution in [2.75, 3.05) is 6.54 Å². The van der Waals surface area contributed by atoms with Crippen molar-refractivity contribution in [1.82, 2.24) is 21.3 Å². The van der Waals surface area contributed by atoms with E-state index in [0.717, 1.165) is 12.0 Å². The fourth-order valence-corrected chi connectivity index (χ4v) is 3.96. The van der Waals surface area contributed by atoms with E-state index in [0.29, 0.717) is 6.54 Å².